The average Bonchev–Trinajstić information content (AvgIpc) is 3.07. The molecule has 1 N–H and O–H groups in total. The zero-order valence-corrected chi connectivity index (χ0v) is 13.9. The molecule has 0 aliphatic carbocycles. The average molecular weight is 332 g/mol. The molecule has 23 heavy (non-hydrogen) atoms. The van der Waals surface area contributed by atoms with Crippen molar-refractivity contribution in [2.45, 2.75) is 26.8 Å². The molecule has 1 amide bonds. The van der Waals surface area contributed by atoms with Gasteiger partial charge in [-0.2, -0.15) is 0 Å². The van der Waals surface area contributed by atoms with Gasteiger partial charge in [-0.15, -0.1) is 0 Å². The van der Waals surface area contributed by atoms with Crippen LogP contribution in [-0.2, 0) is 17.8 Å². The maximum Gasteiger partial charge on any atom is 0.224 e. The van der Waals surface area contributed by atoms with E-state index in [2.05, 4.69) is 15.0 Å². The predicted molar refractivity (Wildman–Crippen MR) is 89.6 cm³/mol. The molecule has 0 saturated carbocycles. The second-order valence-corrected chi connectivity index (χ2v) is 5.92. The molecule has 2 aromatic heterocycles. The van der Waals surface area contributed by atoms with Crippen LogP contribution in [0, 0.1) is 13.8 Å². The lowest BCUT2D eigenvalue weighted by atomic mass is 10.1. The van der Waals surface area contributed by atoms with Crippen molar-refractivity contribution in [3.8, 4) is 0 Å². The number of hydrogen-bond acceptors (Lipinski definition) is 3. The van der Waals surface area contributed by atoms with Gasteiger partial charge >= 0.3 is 0 Å². The fourth-order valence-electron chi connectivity index (χ4n) is 2.67. The van der Waals surface area contributed by atoms with E-state index in [1.807, 2.05) is 44.3 Å². The summed E-state index contributed by atoms with van der Waals surface area (Å²) in [6, 6.07) is 7.81. The fraction of sp³-hybridized carbons (Fsp3) is 0.294. The lowest BCUT2D eigenvalue weighted by Gasteiger charge is -2.08. The van der Waals surface area contributed by atoms with Crippen LogP contribution in [0.5, 0.6) is 0 Å². The minimum atomic E-state index is -0.0334. The smallest absolute Gasteiger partial charge is 0.224 e. The molecular formula is C17H18ClN3O2. The Morgan fingerprint density at radius 1 is 1.35 bits per heavy atom. The van der Waals surface area contributed by atoms with Crippen molar-refractivity contribution in [1.82, 2.24) is 15.0 Å². The van der Waals surface area contributed by atoms with E-state index in [0.29, 0.717) is 25.3 Å². The van der Waals surface area contributed by atoms with Crippen molar-refractivity contribution < 1.29 is 9.32 Å². The number of nitrogens with zero attached hydrogens (tertiary/aromatic N) is 2. The molecule has 0 radical (unpaired) electrons. The molecular weight excluding hydrogens is 314 g/mol. The van der Waals surface area contributed by atoms with Crippen LogP contribution in [-0.4, -0.2) is 22.2 Å². The van der Waals surface area contributed by atoms with E-state index in [0.717, 1.165) is 27.2 Å². The van der Waals surface area contributed by atoms with E-state index in [-0.39, 0.29) is 5.91 Å². The first-order valence-electron chi connectivity index (χ1n) is 7.48. The molecule has 0 aliphatic rings. The SMILES string of the molecule is Cc1noc(C)c1CC(=O)NCCn1ccc2c(Cl)cccc21. The molecule has 6 heteroatoms. The number of carbonyl (C=O) groups is 1. The Hall–Kier alpha value is -2.27. The Morgan fingerprint density at radius 3 is 2.91 bits per heavy atom. The number of benzene rings is 1. The monoisotopic (exact) mass is 331 g/mol. The van der Waals surface area contributed by atoms with Gasteiger partial charge in [0.05, 0.1) is 12.1 Å². The number of carbonyl (C=O) groups excluding carboxylic acids is 1. The molecule has 0 atom stereocenters. The quantitative estimate of drug-likeness (QED) is 0.780. The van der Waals surface area contributed by atoms with Crippen LogP contribution in [0.1, 0.15) is 17.0 Å². The standard InChI is InChI=1S/C17H18ClN3O2/c1-11-14(12(2)23-20-11)10-17(22)19-7-9-21-8-6-13-15(18)4-3-5-16(13)21/h3-6,8H,7,9-10H2,1-2H3,(H,19,22). The van der Waals surface area contributed by atoms with Gasteiger partial charge in [0.1, 0.15) is 5.76 Å². The van der Waals surface area contributed by atoms with Crippen LogP contribution in [0.3, 0.4) is 0 Å². The van der Waals surface area contributed by atoms with Crippen molar-refractivity contribution >= 4 is 28.4 Å². The number of hydrogen-bond donors (Lipinski definition) is 1. The molecule has 2 heterocycles. The highest BCUT2D eigenvalue weighted by Gasteiger charge is 2.13. The van der Waals surface area contributed by atoms with Crippen molar-refractivity contribution in [3.63, 3.8) is 0 Å². The largest absolute Gasteiger partial charge is 0.361 e. The van der Waals surface area contributed by atoms with Crippen LogP contribution in [0.4, 0.5) is 0 Å². The third-order valence-corrected chi connectivity index (χ3v) is 4.28. The zero-order valence-electron chi connectivity index (χ0n) is 13.1. The van der Waals surface area contributed by atoms with E-state index in [9.17, 15) is 4.79 Å². The summed E-state index contributed by atoms with van der Waals surface area (Å²) in [7, 11) is 0. The second-order valence-electron chi connectivity index (χ2n) is 5.51. The molecule has 0 fully saturated rings. The van der Waals surface area contributed by atoms with Gasteiger partial charge in [0.25, 0.3) is 0 Å². The summed E-state index contributed by atoms with van der Waals surface area (Å²) in [5.41, 5.74) is 2.70. The summed E-state index contributed by atoms with van der Waals surface area (Å²) in [5, 5.41) is 8.56. The third-order valence-electron chi connectivity index (χ3n) is 3.95. The van der Waals surface area contributed by atoms with Crippen LogP contribution in [0.25, 0.3) is 10.9 Å². The maximum atomic E-state index is 12.1. The van der Waals surface area contributed by atoms with Crippen molar-refractivity contribution in [1.29, 1.82) is 0 Å². The van der Waals surface area contributed by atoms with Gasteiger partial charge in [0, 0.05) is 40.8 Å². The van der Waals surface area contributed by atoms with Gasteiger partial charge in [-0.3, -0.25) is 4.79 Å². The third kappa shape index (κ3) is 3.24. The van der Waals surface area contributed by atoms with Crippen LogP contribution in [0.15, 0.2) is 35.0 Å². The minimum absolute atomic E-state index is 0.0334. The first-order valence-corrected chi connectivity index (χ1v) is 7.86. The van der Waals surface area contributed by atoms with Gasteiger partial charge in [-0.25, -0.2) is 0 Å². The zero-order chi connectivity index (χ0) is 16.4. The molecule has 120 valence electrons. The number of amides is 1. The second kappa shape index (κ2) is 6.46. The minimum Gasteiger partial charge on any atom is -0.361 e. The van der Waals surface area contributed by atoms with Crippen molar-refractivity contribution in [2.75, 3.05) is 6.54 Å². The van der Waals surface area contributed by atoms with Crippen LogP contribution in [0.2, 0.25) is 5.02 Å². The summed E-state index contributed by atoms with van der Waals surface area (Å²) in [5.74, 6) is 0.664. The summed E-state index contributed by atoms with van der Waals surface area (Å²) < 4.78 is 7.15. The molecule has 3 rings (SSSR count). The summed E-state index contributed by atoms with van der Waals surface area (Å²) in [6.07, 6.45) is 2.27. The highest BCUT2D eigenvalue weighted by molar-refractivity contribution is 6.35. The Labute approximate surface area is 139 Å². The molecule has 3 aromatic rings. The Balaban J connectivity index is 1.58. The number of fused-ring (bicyclic) bond motifs is 1. The Morgan fingerprint density at radius 2 is 2.17 bits per heavy atom. The number of aryl methyl sites for hydroxylation is 2. The van der Waals surface area contributed by atoms with Crippen molar-refractivity contribution in [2.24, 2.45) is 0 Å². The van der Waals surface area contributed by atoms with E-state index in [4.69, 9.17) is 16.1 Å². The predicted octanol–water partition coefficient (Wildman–Crippen LogP) is 3.26. The summed E-state index contributed by atoms with van der Waals surface area (Å²) in [6.45, 7) is 4.91. The summed E-state index contributed by atoms with van der Waals surface area (Å²) >= 11 is 6.17. The van der Waals surface area contributed by atoms with E-state index < -0.39 is 0 Å². The van der Waals surface area contributed by atoms with Gasteiger partial charge in [-0.1, -0.05) is 22.8 Å². The first kappa shape index (κ1) is 15.6. The lowest BCUT2D eigenvalue weighted by molar-refractivity contribution is -0.120. The van der Waals surface area contributed by atoms with Gasteiger partial charge < -0.3 is 14.4 Å². The summed E-state index contributed by atoms with van der Waals surface area (Å²) in [4.78, 5) is 12.1. The first-order chi connectivity index (χ1) is 11.1. The van der Waals surface area contributed by atoms with Gasteiger partial charge in [-0.05, 0) is 32.0 Å². The Kier molecular flexibility index (Phi) is 4.39. The van der Waals surface area contributed by atoms with Gasteiger partial charge in [0.15, 0.2) is 0 Å². The number of nitrogens with one attached hydrogen (secondary N) is 1. The lowest BCUT2D eigenvalue weighted by Crippen LogP contribution is -2.28. The van der Waals surface area contributed by atoms with Crippen LogP contribution >= 0.6 is 11.6 Å². The van der Waals surface area contributed by atoms with Crippen molar-refractivity contribution in [3.05, 3.63) is 52.5 Å². The molecule has 0 aliphatic heterocycles. The fourth-order valence-corrected chi connectivity index (χ4v) is 2.91. The molecule has 0 spiro atoms. The van der Waals surface area contributed by atoms with Crippen LogP contribution < -0.4 is 5.32 Å². The van der Waals surface area contributed by atoms with E-state index in [1.165, 1.54) is 0 Å². The Bertz CT molecular complexity index is 831. The van der Waals surface area contributed by atoms with E-state index >= 15 is 0 Å². The molecule has 0 saturated heterocycles. The maximum absolute atomic E-state index is 12.1. The number of aromatic nitrogens is 2. The molecule has 5 nitrogen and oxygen atoms in total. The highest BCUT2D eigenvalue weighted by atomic mass is 35.5. The molecule has 0 bridgehead atoms. The topological polar surface area (TPSA) is 60.1 Å². The molecule has 0 unspecified atom stereocenters. The molecule has 1 aromatic carbocycles. The van der Waals surface area contributed by atoms with E-state index in [1.54, 1.807) is 0 Å². The normalized spacial score (nSPS) is 11.1. The number of halogens is 1. The highest BCUT2D eigenvalue weighted by Crippen LogP contribution is 2.23. The number of rotatable bonds is 5. The van der Waals surface area contributed by atoms with Gasteiger partial charge in [0.2, 0.25) is 5.91 Å².